The van der Waals surface area contributed by atoms with E-state index < -0.39 is 5.91 Å². The largest absolute Gasteiger partial charge is 0.366 e. The van der Waals surface area contributed by atoms with Gasteiger partial charge in [-0.1, -0.05) is 30.3 Å². The second kappa shape index (κ2) is 6.34. The molecule has 5 nitrogen and oxygen atoms in total. The van der Waals surface area contributed by atoms with Gasteiger partial charge in [0.05, 0.1) is 5.57 Å². The quantitative estimate of drug-likeness (QED) is 0.782. The van der Waals surface area contributed by atoms with Crippen molar-refractivity contribution in [3.63, 3.8) is 0 Å². The Morgan fingerprint density at radius 1 is 1.35 bits per heavy atom. The molecule has 0 bridgehead atoms. The van der Waals surface area contributed by atoms with Gasteiger partial charge in [-0.25, -0.2) is 0 Å². The third-order valence-electron chi connectivity index (χ3n) is 3.40. The summed E-state index contributed by atoms with van der Waals surface area (Å²) in [6.45, 7) is 4.14. The summed E-state index contributed by atoms with van der Waals surface area (Å²) in [5.41, 5.74) is 6.31. The highest BCUT2D eigenvalue weighted by Gasteiger charge is 2.22. The average molecular weight is 273 g/mol. The minimum atomic E-state index is -0.590. The van der Waals surface area contributed by atoms with Gasteiger partial charge in [-0.15, -0.1) is 0 Å². The minimum absolute atomic E-state index is 0.109. The second-order valence-corrected chi connectivity index (χ2v) is 4.87. The Hall–Kier alpha value is -2.14. The molecule has 1 aromatic carbocycles. The summed E-state index contributed by atoms with van der Waals surface area (Å²) in [6.07, 6.45) is 1.35. The van der Waals surface area contributed by atoms with Gasteiger partial charge in [-0.3, -0.25) is 9.59 Å². The Labute approximate surface area is 118 Å². The van der Waals surface area contributed by atoms with Crippen molar-refractivity contribution in [1.29, 1.82) is 0 Å². The molecule has 0 saturated carbocycles. The Bertz CT molecular complexity index is 525. The van der Waals surface area contributed by atoms with Crippen molar-refractivity contribution in [2.75, 3.05) is 19.6 Å². The van der Waals surface area contributed by atoms with Gasteiger partial charge in [0, 0.05) is 31.8 Å². The Kier molecular flexibility index (Phi) is 4.53. The second-order valence-electron chi connectivity index (χ2n) is 4.87. The molecule has 0 aromatic heterocycles. The van der Waals surface area contributed by atoms with Crippen LogP contribution in [-0.2, 0) is 9.59 Å². The monoisotopic (exact) mass is 273 g/mol. The van der Waals surface area contributed by atoms with Crippen LogP contribution >= 0.6 is 0 Å². The lowest BCUT2D eigenvalue weighted by Crippen LogP contribution is -2.51. The van der Waals surface area contributed by atoms with Gasteiger partial charge in [0.1, 0.15) is 0 Å². The number of nitrogens with one attached hydrogen (secondary N) is 1. The van der Waals surface area contributed by atoms with Crippen LogP contribution in [0.1, 0.15) is 12.5 Å². The number of hydrogen-bond acceptors (Lipinski definition) is 3. The summed E-state index contributed by atoms with van der Waals surface area (Å²) in [6, 6.07) is 9.12. The zero-order valence-electron chi connectivity index (χ0n) is 11.5. The highest BCUT2D eigenvalue weighted by Crippen LogP contribution is 2.15. The molecule has 3 N–H and O–H groups in total. The number of nitrogens with zero attached hydrogens (tertiary/aromatic N) is 1. The van der Waals surface area contributed by atoms with Crippen molar-refractivity contribution in [2.45, 2.75) is 13.0 Å². The van der Waals surface area contributed by atoms with Crippen LogP contribution in [0, 0.1) is 0 Å². The molecule has 2 rings (SSSR count). The molecule has 1 aromatic rings. The molecule has 1 aliphatic heterocycles. The van der Waals surface area contributed by atoms with Crippen LogP contribution in [-0.4, -0.2) is 42.4 Å². The first-order valence-corrected chi connectivity index (χ1v) is 6.68. The number of carbonyl (C=O) groups excluding carboxylic acids is 2. The molecule has 106 valence electrons. The molecule has 0 spiro atoms. The molecule has 1 aliphatic rings. The molecule has 0 radical (unpaired) electrons. The van der Waals surface area contributed by atoms with Crippen molar-refractivity contribution in [3.8, 4) is 0 Å². The minimum Gasteiger partial charge on any atom is -0.366 e. The van der Waals surface area contributed by atoms with Gasteiger partial charge in [-0.05, 0) is 12.5 Å². The van der Waals surface area contributed by atoms with E-state index in [0.29, 0.717) is 12.1 Å². The molecule has 1 heterocycles. The number of hydrogen-bond donors (Lipinski definition) is 2. The average Bonchev–Trinajstić information content (AvgIpc) is 2.45. The number of carbonyl (C=O) groups is 2. The number of benzene rings is 1. The van der Waals surface area contributed by atoms with Crippen LogP contribution in [0.2, 0.25) is 0 Å². The first-order valence-electron chi connectivity index (χ1n) is 6.68. The Morgan fingerprint density at radius 3 is 2.65 bits per heavy atom. The van der Waals surface area contributed by atoms with Crippen LogP contribution in [0.5, 0.6) is 0 Å². The van der Waals surface area contributed by atoms with Gasteiger partial charge in [0.15, 0.2) is 0 Å². The molecular weight excluding hydrogens is 254 g/mol. The highest BCUT2D eigenvalue weighted by molar-refractivity contribution is 6.22. The molecule has 1 unspecified atom stereocenters. The van der Waals surface area contributed by atoms with Gasteiger partial charge >= 0.3 is 0 Å². The number of rotatable bonds is 3. The van der Waals surface area contributed by atoms with E-state index in [0.717, 1.165) is 13.1 Å². The third kappa shape index (κ3) is 3.24. The lowest BCUT2D eigenvalue weighted by Gasteiger charge is -2.33. The first-order chi connectivity index (χ1) is 9.59. The van der Waals surface area contributed by atoms with Gasteiger partial charge < -0.3 is 16.0 Å². The van der Waals surface area contributed by atoms with E-state index >= 15 is 0 Å². The van der Waals surface area contributed by atoms with Crippen LogP contribution in [0.15, 0.2) is 36.4 Å². The van der Waals surface area contributed by atoms with Crippen molar-refractivity contribution in [1.82, 2.24) is 10.2 Å². The predicted octanol–water partition coefficient (Wildman–Crippen LogP) is 0.376. The van der Waals surface area contributed by atoms with Crippen LogP contribution < -0.4 is 11.1 Å². The summed E-state index contributed by atoms with van der Waals surface area (Å²) < 4.78 is 0. The van der Waals surface area contributed by atoms with E-state index in [-0.39, 0.29) is 17.5 Å². The first kappa shape index (κ1) is 14.3. The summed E-state index contributed by atoms with van der Waals surface area (Å²) in [5, 5.41) is 3.22. The summed E-state index contributed by atoms with van der Waals surface area (Å²) in [5.74, 6) is -0.760. The van der Waals surface area contributed by atoms with Gasteiger partial charge in [0.25, 0.3) is 0 Å². The molecule has 5 heteroatoms. The van der Waals surface area contributed by atoms with Crippen LogP contribution in [0.25, 0.3) is 5.57 Å². The zero-order chi connectivity index (χ0) is 14.5. The summed E-state index contributed by atoms with van der Waals surface area (Å²) >= 11 is 0. The molecule has 1 saturated heterocycles. The molecule has 1 fully saturated rings. The molecule has 0 aliphatic carbocycles. The lowest BCUT2D eigenvalue weighted by molar-refractivity contribution is -0.128. The normalized spacial score (nSPS) is 19.8. The van der Waals surface area contributed by atoms with Gasteiger partial charge in [0.2, 0.25) is 11.8 Å². The Morgan fingerprint density at radius 2 is 2.05 bits per heavy atom. The van der Waals surface area contributed by atoms with Crippen molar-refractivity contribution >= 4 is 17.4 Å². The number of primary amides is 1. The Balaban J connectivity index is 2.25. The topological polar surface area (TPSA) is 75.4 Å². The zero-order valence-corrected chi connectivity index (χ0v) is 11.5. The molecular formula is C15H19N3O2. The fourth-order valence-corrected chi connectivity index (χ4v) is 2.29. The van der Waals surface area contributed by atoms with Crippen LogP contribution in [0.3, 0.4) is 0 Å². The maximum atomic E-state index is 12.3. The number of nitrogens with two attached hydrogens (primary N) is 1. The SMILES string of the molecule is CC1CNCCN1C(=O)C=C(C(N)=O)c1ccccc1. The van der Waals surface area contributed by atoms with Crippen molar-refractivity contribution < 1.29 is 9.59 Å². The molecule has 20 heavy (non-hydrogen) atoms. The fraction of sp³-hybridized carbons (Fsp3) is 0.333. The maximum absolute atomic E-state index is 12.3. The molecule has 1 atom stereocenters. The standard InChI is InChI=1S/C15H19N3O2/c1-11-10-17-7-8-18(11)14(19)9-13(15(16)20)12-5-3-2-4-6-12/h2-6,9,11,17H,7-8,10H2,1H3,(H2,16,20). The van der Waals surface area contributed by atoms with E-state index in [1.54, 1.807) is 17.0 Å². The lowest BCUT2D eigenvalue weighted by atomic mass is 10.0. The third-order valence-corrected chi connectivity index (χ3v) is 3.40. The predicted molar refractivity (Wildman–Crippen MR) is 77.7 cm³/mol. The van der Waals surface area contributed by atoms with E-state index in [9.17, 15) is 9.59 Å². The fourth-order valence-electron chi connectivity index (χ4n) is 2.29. The van der Waals surface area contributed by atoms with E-state index in [1.807, 2.05) is 25.1 Å². The van der Waals surface area contributed by atoms with Gasteiger partial charge in [-0.2, -0.15) is 0 Å². The van der Waals surface area contributed by atoms with E-state index in [1.165, 1.54) is 6.08 Å². The van der Waals surface area contributed by atoms with E-state index in [2.05, 4.69) is 5.32 Å². The number of amides is 2. The number of piperazine rings is 1. The van der Waals surface area contributed by atoms with E-state index in [4.69, 9.17) is 5.73 Å². The highest BCUT2D eigenvalue weighted by atomic mass is 16.2. The van der Waals surface area contributed by atoms with Crippen molar-refractivity contribution in [3.05, 3.63) is 42.0 Å². The van der Waals surface area contributed by atoms with Crippen LogP contribution in [0.4, 0.5) is 0 Å². The maximum Gasteiger partial charge on any atom is 0.249 e. The summed E-state index contributed by atoms with van der Waals surface area (Å²) in [4.78, 5) is 25.6. The smallest absolute Gasteiger partial charge is 0.249 e. The summed E-state index contributed by atoms with van der Waals surface area (Å²) in [7, 11) is 0. The molecule has 2 amide bonds. The van der Waals surface area contributed by atoms with Crippen molar-refractivity contribution in [2.24, 2.45) is 5.73 Å².